The Morgan fingerprint density at radius 2 is 2.10 bits per heavy atom. The summed E-state index contributed by atoms with van der Waals surface area (Å²) in [6, 6.07) is 6.16. The van der Waals surface area contributed by atoms with E-state index in [0.29, 0.717) is 19.5 Å². The molecule has 4 nitrogen and oxygen atoms in total. The van der Waals surface area contributed by atoms with Gasteiger partial charge < -0.3 is 5.32 Å². The van der Waals surface area contributed by atoms with Crippen LogP contribution in [-0.4, -0.2) is 22.2 Å². The summed E-state index contributed by atoms with van der Waals surface area (Å²) in [5, 5.41) is 6.60. The van der Waals surface area contributed by atoms with Crippen molar-refractivity contribution in [2.24, 2.45) is 0 Å². The lowest BCUT2D eigenvalue weighted by Crippen LogP contribution is -2.25. The second kappa shape index (κ2) is 6.43. The van der Waals surface area contributed by atoms with Crippen LogP contribution in [0.15, 0.2) is 42.7 Å². The van der Waals surface area contributed by atoms with Gasteiger partial charge in [-0.3, -0.25) is 9.48 Å². The van der Waals surface area contributed by atoms with Crippen LogP contribution in [0.25, 0.3) is 0 Å². The number of aryl methyl sites for hydroxylation is 1. The zero-order chi connectivity index (χ0) is 15.3. The lowest BCUT2D eigenvalue weighted by molar-refractivity contribution is -0.137. The molecule has 0 aliphatic carbocycles. The quantitative estimate of drug-likeness (QED) is 0.863. The Morgan fingerprint density at radius 3 is 2.76 bits per heavy atom. The summed E-state index contributed by atoms with van der Waals surface area (Å²) >= 11 is 0. The molecule has 0 unspecified atom stereocenters. The molecular formula is C14H14F3N3O. The predicted molar refractivity (Wildman–Crippen MR) is 70.6 cm³/mol. The third-order valence-corrected chi connectivity index (χ3v) is 2.86. The van der Waals surface area contributed by atoms with Gasteiger partial charge in [-0.1, -0.05) is 6.07 Å². The van der Waals surface area contributed by atoms with Crippen molar-refractivity contribution >= 4 is 5.91 Å². The van der Waals surface area contributed by atoms with E-state index in [9.17, 15) is 18.0 Å². The molecule has 0 atom stereocenters. The molecule has 1 heterocycles. The summed E-state index contributed by atoms with van der Waals surface area (Å²) in [7, 11) is 0. The number of carbonyl (C=O) groups is 1. The van der Waals surface area contributed by atoms with Gasteiger partial charge in [-0.2, -0.15) is 18.3 Å². The number of nitrogens with zero attached hydrogens (tertiary/aromatic N) is 2. The van der Waals surface area contributed by atoms with Gasteiger partial charge in [0.1, 0.15) is 0 Å². The van der Waals surface area contributed by atoms with Gasteiger partial charge in [0.15, 0.2) is 0 Å². The van der Waals surface area contributed by atoms with E-state index in [1.807, 2.05) is 0 Å². The van der Waals surface area contributed by atoms with E-state index < -0.39 is 17.6 Å². The molecule has 0 aliphatic rings. The average molecular weight is 297 g/mol. The van der Waals surface area contributed by atoms with Crippen molar-refractivity contribution < 1.29 is 18.0 Å². The normalized spacial score (nSPS) is 11.4. The number of alkyl halides is 3. The number of benzene rings is 1. The molecule has 112 valence electrons. The Balaban J connectivity index is 1.85. The maximum atomic E-state index is 12.6. The molecule has 1 aromatic heterocycles. The summed E-state index contributed by atoms with van der Waals surface area (Å²) in [6.45, 7) is 1.00. The van der Waals surface area contributed by atoms with Crippen LogP contribution in [0.5, 0.6) is 0 Å². The molecule has 1 aromatic carbocycles. The van der Waals surface area contributed by atoms with Crippen LogP contribution in [0, 0.1) is 0 Å². The van der Waals surface area contributed by atoms with E-state index in [4.69, 9.17) is 0 Å². The molecule has 0 saturated heterocycles. The highest BCUT2D eigenvalue weighted by atomic mass is 19.4. The van der Waals surface area contributed by atoms with Crippen molar-refractivity contribution in [2.75, 3.05) is 6.54 Å². The monoisotopic (exact) mass is 297 g/mol. The zero-order valence-corrected chi connectivity index (χ0v) is 11.1. The fraction of sp³-hybridized carbons (Fsp3) is 0.286. The molecule has 2 aromatic rings. The van der Waals surface area contributed by atoms with E-state index in [-0.39, 0.29) is 5.56 Å². The summed E-state index contributed by atoms with van der Waals surface area (Å²) in [6.07, 6.45) is -0.349. The number of hydrogen-bond donors (Lipinski definition) is 1. The van der Waals surface area contributed by atoms with E-state index >= 15 is 0 Å². The molecule has 1 amide bonds. The first-order valence-corrected chi connectivity index (χ1v) is 6.40. The van der Waals surface area contributed by atoms with Crippen molar-refractivity contribution in [3.8, 4) is 0 Å². The highest BCUT2D eigenvalue weighted by molar-refractivity contribution is 5.94. The summed E-state index contributed by atoms with van der Waals surface area (Å²) in [4.78, 5) is 11.8. The number of halogens is 3. The summed E-state index contributed by atoms with van der Waals surface area (Å²) in [5.74, 6) is -0.512. The van der Waals surface area contributed by atoms with Crippen molar-refractivity contribution in [3.05, 3.63) is 53.9 Å². The Kier molecular flexibility index (Phi) is 4.62. The molecule has 21 heavy (non-hydrogen) atoms. The maximum Gasteiger partial charge on any atom is 0.416 e. The molecular weight excluding hydrogens is 283 g/mol. The number of nitrogens with one attached hydrogen (secondary N) is 1. The van der Waals surface area contributed by atoms with Gasteiger partial charge in [0.25, 0.3) is 5.91 Å². The molecule has 0 radical (unpaired) electrons. The molecule has 7 heteroatoms. The number of hydrogen-bond acceptors (Lipinski definition) is 2. The van der Waals surface area contributed by atoms with Gasteiger partial charge in [0, 0.05) is 31.0 Å². The molecule has 0 saturated carbocycles. The Labute approximate surface area is 119 Å². The van der Waals surface area contributed by atoms with Crippen LogP contribution in [0.1, 0.15) is 22.3 Å². The number of carbonyl (C=O) groups excluding carboxylic acids is 1. The maximum absolute atomic E-state index is 12.6. The molecule has 2 rings (SSSR count). The van der Waals surface area contributed by atoms with Crippen LogP contribution in [0.2, 0.25) is 0 Å². The fourth-order valence-electron chi connectivity index (χ4n) is 1.81. The van der Waals surface area contributed by atoms with E-state index in [1.165, 1.54) is 12.1 Å². The van der Waals surface area contributed by atoms with E-state index in [0.717, 1.165) is 12.1 Å². The minimum Gasteiger partial charge on any atom is -0.352 e. The minimum absolute atomic E-state index is 0.00362. The van der Waals surface area contributed by atoms with Gasteiger partial charge in [0.05, 0.1) is 5.56 Å². The first-order valence-electron chi connectivity index (χ1n) is 6.40. The Bertz CT molecular complexity index is 594. The highest BCUT2D eigenvalue weighted by Gasteiger charge is 2.30. The predicted octanol–water partition coefficient (Wildman–Crippen LogP) is 2.72. The molecule has 0 fully saturated rings. The van der Waals surface area contributed by atoms with Gasteiger partial charge >= 0.3 is 6.18 Å². The average Bonchev–Trinajstić information content (AvgIpc) is 2.96. The smallest absolute Gasteiger partial charge is 0.352 e. The highest BCUT2D eigenvalue weighted by Crippen LogP contribution is 2.29. The molecule has 0 spiro atoms. The number of rotatable bonds is 5. The van der Waals surface area contributed by atoms with Crippen molar-refractivity contribution in [3.63, 3.8) is 0 Å². The van der Waals surface area contributed by atoms with Crippen LogP contribution in [0.3, 0.4) is 0 Å². The van der Waals surface area contributed by atoms with Gasteiger partial charge in [-0.25, -0.2) is 0 Å². The first kappa shape index (κ1) is 15.1. The summed E-state index contributed by atoms with van der Waals surface area (Å²) < 4.78 is 39.4. The zero-order valence-electron chi connectivity index (χ0n) is 11.1. The lowest BCUT2D eigenvalue weighted by atomic mass is 10.1. The van der Waals surface area contributed by atoms with Crippen LogP contribution in [-0.2, 0) is 12.7 Å². The molecule has 1 N–H and O–H groups in total. The standard InChI is InChI=1S/C14H14F3N3O/c15-14(16,17)12-5-1-4-11(10-12)13(21)18-6-2-8-20-9-3-7-19-20/h1,3-5,7,9-10H,2,6,8H2,(H,18,21). The molecule has 0 bridgehead atoms. The van der Waals surface area contributed by atoms with Crippen molar-refractivity contribution in [1.82, 2.24) is 15.1 Å². The van der Waals surface area contributed by atoms with Crippen LogP contribution >= 0.6 is 0 Å². The third kappa shape index (κ3) is 4.34. The van der Waals surface area contributed by atoms with Crippen LogP contribution in [0.4, 0.5) is 13.2 Å². The van der Waals surface area contributed by atoms with E-state index in [2.05, 4.69) is 10.4 Å². The van der Waals surface area contributed by atoms with Crippen molar-refractivity contribution in [2.45, 2.75) is 19.1 Å². The largest absolute Gasteiger partial charge is 0.416 e. The topological polar surface area (TPSA) is 46.9 Å². The molecule has 0 aliphatic heterocycles. The second-order valence-electron chi connectivity index (χ2n) is 4.46. The van der Waals surface area contributed by atoms with Gasteiger partial charge in [0.2, 0.25) is 0 Å². The van der Waals surface area contributed by atoms with Crippen molar-refractivity contribution in [1.29, 1.82) is 0 Å². The Morgan fingerprint density at radius 1 is 1.29 bits per heavy atom. The number of amides is 1. The summed E-state index contributed by atoms with van der Waals surface area (Å²) in [5.41, 5.74) is -0.824. The lowest BCUT2D eigenvalue weighted by Gasteiger charge is -2.09. The Hall–Kier alpha value is -2.31. The fourth-order valence-corrected chi connectivity index (χ4v) is 1.81. The van der Waals surface area contributed by atoms with Gasteiger partial charge in [-0.05, 0) is 30.7 Å². The third-order valence-electron chi connectivity index (χ3n) is 2.86. The SMILES string of the molecule is O=C(NCCCn1cccn1)c1cccc(C(F)(F)F)c1. The van der Waals surface area contributed by atoms with Crippen LogP contribution < -0.4 is 5.32 Å². The van der Waals surface area contributed by atoms with Gasteiger partial charge in [-0.15, -0.1) is 0 Å². The minimum atomic E-state index is -4.45. The second-order valence-corrected chi connectivity index (χ2v) is 4.46. The first-order chi connectivity index (χ1) is 9.97. The number of aromatic nitrogens is 2. The van der Waals surface area contributed by atoms with E-state index in [1.54, 1.807) is 23.1 Å².